The van der Waals surface area contributed by atoms with Crippen LogP contribution in [0.1, 0.15) is 28.5 Å². The smallest absolute Gasteiger partial charge is 0.341 e. The number of halogens is 2. The summed E-state index contributed by atoms with van der Waals surface area (Å²) in [5.74, 6) is -1.20. The average Bonchev–Trinajstić information content (AvgIpc) is 2.56. The van der Waals surface area contributed by atoms with Crippen molar-refractivity contribution in [3.63, 3.8) is 0 Å². The first kappa shape index (κ1) is 17.4. The molecule has 0 unspecified atom stereocenters. The number of esters is 1. The molecule has 7 heteroatoms. The van der Waals surface area contributed by atoms with Gasteiger partial charge in [0.1, 0.15) is 11.4 Å². The molecule has 1 aromatic carbocycles. The van der Waals surface area contributed by atoms with E-state index in [4.69, 9.17) is 16.3 Å². The molecule has 0 aliphatic rings. The van der Waals surface area contributed by atoms with Crippen LogP contribution in [0.5, 0.6) is 0 Å². The third-order valence-electron chi connectivity index (χ3n) is 3.01. The van der Waals surface area contributed by atoms with Crippen molar-refractivity contribution >= 4 is 34.9 Å². The van der Waals surface area contributed by atoms with Crippen LogP contribution < -0.4 is 0 Å². The Balaban J connectivity index is 2.57. The van der Waals surface area contributed by atoms with Crippen LogP contribution >= 0.6 is 23.4 Å². The SMILES string of the molecule is C=C(c1cccc(Cl)c1F)c1nc(SC)ncc1C(=O)OCC. The van der Waals surface area contributed by atoms with Crippen LogP contribution in [0.15, 0.2) is 36.1 Å². The summed E-state index contributed by atoms with van der Waals surface area (Å²) in [5, 5.41) is 0.414. The van der Waals surface area contributed by atoms with Crippen molar-refractivity contribution in [3.8, 4) is 0 Å². The van der Waals surface area contributed by atoms with Crippen LogP contribution in [0, 0.1) is 5.82 Å². The Morgan fingerprint density at radius 3 is 2.83 bits per heavy atom. The number of carbonyl (C=O) groups excluding carboxylic acids is 1. The number of thioether (sulfide) groups is 1. The Bertz CT molecular complexity index is 768. The van der Waals surface area contributed by atoms with Crippen LogP contribution in [0.3, 0.4) is 0 Å². The van der Waals surface area contributed by atoms with Gasteiger partial charge in [-0.3, -0.25) is 0 Å². The normalized spacial score (nSPS) is 10.4. The number of carbonyl (C=O) groups is 1. The van der Waals surface area contributed by atoms with Crippen molar-refractivity contribution in [1.29, 1.82) is 0 Å². The highest BCUT2D eigenvalue weighted by Crippen LogP contribution is 2.29. The van der Waals surface area contributed by atoms with Crippen LogP contribution in [0.4, 0.5) is 4.39 Å². The second-order valence-electron chi connectivity index (χ2n) is 4.42. The molecule has 0 aliphatic carbocycles. The van der Waals surface area contributed by atoms with Gasteiger partial charge in [-0.2, -0.15) is 0 Å². The minimum atomic E-state index is -0.613. The zero-order valence-electron chi connectivity index (χ0n) is 12.6. The molecule has 0 radical (unpaired) electrons. The van der Waals surface area contributed by atoms with Gasteiger partial charge in [-0.05, 0) is 19.2 Å². The second-order valence-corrected chi connectivity index (χ2v) is 5.60. The Kier molecular flexibility index (Phi) is 5.74. The molecule has 0 saturated carbocycles. The van der Waals surface area contributed by atoms with Gasteiger partial charge >= 0.3 is 5.97 Å². The molecular formula is C16H14ClFN2O2S. The topological polar surface area (TPSA) is 52.1 Å². The zero-order chi connectivity index (χ0) is 17.0. The van der Waals surface area contributed by atoms with Gasteiger partial charge in [-0.1, -0.05) is 42.1 Å². The molecule has 2 rings (SSSR count). The fourth-order valence-electron chi connectivity index (χ4n) is 1.92. The number of hydrogen-bond donors (Lipinski definition) is 0. The first-order valence-corrected chi connectivity index (χ1v) is 8.31. The molecule has 0 spiro atoms. The molecule has 23 heavy (non-hydrogen) atoms. The van der Waals surface area contributed by atoms with Crippen LogP contribution in [0.2, 0.25) is 5.02 Å². The molecule has 0 aliphatic heterocycles. The van der Waals surface area contributed by atoms with Crippen molar-refractivity contribution < 1.29 is 13.9 Å². The van der Waals surface area contributed by atoms with Crippen LogP contribution in [-0.2, 0) is 4.74 Å². The van der Waals surface area contributed by atoms with Crippen molar-refractivity contribution in [2.45, 2.75) is 12.1 Å². The Hall–Kier alpha value is -1.92. The predicted molar refractivity (Wildman–Crippen MR) is 89.3 cm³/mol. The number of nitrogens with zero attached hydrogens (tertiary/aromatic N) is 2. The molecular weight excluding hydrogens is 339 g/mol. The van der Waals surface area contributed by atoms with E-state index in [0.29, 0.717) is 5.16 Å². The highest BCUT2D eigenvalue weighted by atomic mass is 35.5. The van der Waals surface area contributed by atoms with E-state index in [0.717, 1.165) is 0 Å². The molecule has 1 aromatic heterocycles. The van der Waals surface area contributed by atoms with Gasteiger partial charge in [0.05, 0.1) is 17.3 Å². The van der Waals surface area contributed by atoms with Crippen molar-refractivity contribution in [1.82, 2.24) is 9.97 Å². The number of benzene rings is 1. The largest absolute Gasteiger partial charge is 0.462 e. The van der Waals surface area contributed by atoms with E-state index in [1.807, 2.05) is 0 Å². The van der Waals surface area contributed by atoms with Gasteiger partial charge in [0.2, 0.25) is 0 Å². The third-order valence-corrected chi connectivity index (χ3v) is 3.86. The van der Waals surface area contributed by atoms with E-state index in [-0.39, 0.29) is 34.0 Å². The van der Waals surface area contributed by atoms with Gasteiger partial charge in [0.15, 0.2) is 5.16 Å². The average molecular weight is 353 g/mol. The third kappa shape index (κ3) is 3.71. The lowest BCUT2D eigenvalue weighted by Crippen LogP contribution is -2.11. The zero-order valence-corrected chi connectivity index (χ0v) is 14.2. The fourth-order valence-corrected chi connectivity index (χ4v) is 2.43. The Morgan fingerprint density at radius 1 is 1.43 bits per heavy atom. The predicted octanol–water partition coefficient (Wildman–Crippen LogP) is 4.23. The van der Waals surface area contributed by atoms with Gasteiger partial charge in [-0.25, -0.2) is 19.2 Å². The van der Waals surface area contributed by atoms with Gasteiger partial charge in [0, 0.05) is 17.3 Å². The van der Waals surface area contributed by atoms with E-state index in [2.05, 4.69) is 16.5 Å². The fraction of sp³-hybridized carbons (Fsp3) is 0.188. The summed E-state index contributed by atoms with van der Waals surface area (Å²) in [7, 11) is 0. The molecule has 0 atom stereocenters. The second kappa shape index (κ2) is 7.57. The first-order valence-electron chi connectivity index (χ1n) is 6.71. The minimum absolute atomic E-state index is 0.0273. The number of rotatable bonds is 5. The molecule has 0 fully saturated rings. The number of ether oxygens (including phenoxy) is 1. The maximum atomic E-state index is 14.2. The van der Waals surface area contributed by atoms with E-state index >= 15 is 0 Å². The van der Waals surface area contributed by atoms with E-state index in [1.165, 1.54) is 30.1 Å². The summed E-state index contributed by atoms with van der Waals surface area (Å²) in [4.78, 5) is 20.4. The molecule has 120 valence electrons. The molecule has 1 heterocycles. The summed E-state index contributed by atoms with van der Waals surface area (Å²) < 4.78 is 19.2. The lowest BCUT2D eigenvalue weighted by Gasteiger charge is -2.12. The lowest BCUT2D eigenvalue weighted by atomic mass is 10.0. The highest BCUT2D eigenvalue weighted by Gasteiger charge is 2.21. The van der Waals surface area contributed by atoms with E-state index in [1.54, 1.807) is 19.2 Å². The molecule has 0 amide bonds. The van der Waals surface area contributed by atoms with E-state index < -0.39 is 11.8 Å². The molecule has 0 bridgehead atoms. The Morgan fingerprint density at radius 2 is 2.17 bits per heavy atom. The Labute approximate surface area is 142 Å². The highest BCUT2D eigenvalue weighted by molar-refractivity contribution is 7.98. The lowest BCUT2D eigenvalue weighted by molar-refractivity contribution is 0.0524. The molecule has 0 N–H and O–H groups in total. The van der Waals surface area contributed by atoms with Crippen LogP contribution in [0.25, 0.3) is 5.57 Å². The summed E-state index contributed by atoms with van der Waals surface area (Å²) in [6.45, 7) is 5.77. The summed E-state index contributed by atoms with van der Waals surface area (Å²) in [6.07, 6.45) is 3.16. The quantitative estimate of drug-likeness (QED) is 0.458. The molecule has 4 nitrogen and oxygen atoms in total. The van der Waals surface area contributed by atoms with Gasteiger partial charge in [0.25, 0.3) is 0 Å². The minimum Gasteiger partial charge on any atom is -0.462 e. The monoisotopic (exact) mass is 352 g/mol. The summed E-state index contributed by atoms with van der Waals surface area (Å²) in [6, 6.07) is 4.57. The van der Waals surface area contributed by atoms with Crippen molar-refractivity contribution in [3.05, 3.63) is 58.6 Å². The summed E-state index contributed by atoms with van der Waals surface area (Å²) >= 11 is 7.11. The molecule has 2 aromatic rings. The maximum absolute atomic E-state index is 14.2. The number of aromatic nitrogens is 2. The van der Waals surface area contributed by atoms with E-state index in [9.17, 15) is 9.18 Å². The van der Waals surface area contributed by atoms with Gasteiger partial charge < -0.3 is 4.74 Å². The van der Waals surface area contributed by atoms with Crippen LogP contribution in [-0.4, -0.2) is 28.8 Å². The molecule has 0 saturated heterocycles. The maximum Gasteiger partial charge on any atom is 0.341 e. The van der Waals surface area contributed by atoms with Crippen molar-refractivity contribution in [2.75, 3.05) is 12.9 Å². The number of hydrogen-bond acceptors (Lipinski definition) is 5. The van der Waals surface area contributed by atoms with Gasteiger partial charge in [-0.15, -0.1) is 0 Å². The first-order chi connectivity index (χ1) is 11.0. The summed E-state index contributed by atoms with van der Waals surface area (Å²) in [5.41, 5.74) is 0.776. The van der Waals surface area contributed by atoms with Crippen molar-refractivity contribution in [2.24, 2.45) is 0 Å². The standard InChI is InChI=1S/C16H14ClFN2O2S/c1-4-22-15(21)11-8-19-16(23-3)20-14(11)9(2)10-6-5-7-12(17)13(10)18/h5-8H,2,4H2,1,3H3.